The first-order valence-corrected chi connectivity index (χ1v) is 6.00. The lowest BCUT2D eigenvalue weighted by molar-refractivity contribution is -0.385. The molecule has 1 N–H and O–H groups in total. The maximum Gasteiger partial charge on any atom is 0.289 e. The minimum Gasteiger partial charge on any atom is -0.384 e. The van der Waals surface area contributed by atoms with E-state index in [1.807, 2.05) is 23.9 Å². The molecule has 0 aliphatic carbocycles. The van der Waals surface area contributed by atoms with Gasteiger partial charge in [-0.2, -0.15) is 5.26 Å². The monoisotopic (exact) mass is 271 g/mol. The number of nitrogens with zero attached hydrogens (tertiary/aromatic N) is 4. The van der Waals surface area contributed by atoms with Gasteiger partial charge < -0.3 is 9.88 Å². The standard InChI is InChI=1S/C13H13N5O2/c1-17-7-6-16-13(17)4-5-15-11-3-2-10(9-14)12(8-11)18(19)20/h2-3,6-8,15H,4-5H2,1H3. The first-order chi connectivity index (χ1) is 9.61. The van der Waals surface area contributed by atoms with E-state index in [1.54, 1.807) is 12.3 Å². The molecular weight excluding hydrogens is 258 g/mol. The zero-order valence-corrected chi connectivity index (χ0v) is 10.9. The second kappa shape index (κ2) is 5.84. The molecule has 1 aromatic heterocycles. The molecule has 102 valence electrons. The van der Waals surface area contributed by atoms with Crippen molar-refractivity contribution >= 4 is 11.4 Å². The number of benzene rings is 1. The molecular formula is C13H13N5O2. The van der Waals surface area contributed by atoms with E-state index in [1.165, 1.54) is 12.1 Å². The van der Waals surface area contributed by atoms with Crippen LogP contribution in [0.25, 0.3) is 0 Å². The van der Waals surface area contributed by atoms with Crippen molar-refractivity contribution in [3.05, 3.63) is 52.1 Å². The minimum atomic E-state index is -0.553. The molecule has 20 heavy (non-hydrogen) atoms. The summed E-state index contributed by atoms with van der Waals surface area (Å²) >= 11 is 0. The largest absolute Gasteiger partial charge is 0.384 e. The molecule has 2 aromatic rings. The van der Waals surface area contributed by atoms with Crippen LogP contribution < -0.4 is 5.32 Å². The second-order valence-electron chi connectivity index (χ2n) is 4.23. The van der Waals surface area contributed by atoms with Gasteiger partial charge in [0, 0.05) is 44.2 Å². The summed E-state index contributed by atoms with van der Waals surface area (Å²) in [5.74, 6) is 0.931. The summed E-state index contributed by atoms with van der Waals surface area (Å²) < 4.78 is 1.92. The van der Waals surface area contributed by atoms with E-state index in [-0.39, 0.29) is 11.3 Å². The van der Waals surface area contributed by atoms with Crippen LogP contribution in [0.1, 0.15) is 11.4 Å². The van der Waals surface area contributed by atoms with Gasteiger partial charge in [-0.05, 0) is 12.1 Å². The van der Waals surface area contributed by atoms with Crippen molar-refractivity contribution in [2.24, 2.45) is 7.05 Å². The van der Waals surface area contributed by atoms with Crippen LogP contribution in [0.5, 0.6) is 0 Å². The Morgan fingerprint density at radius 1 is 1.55 bits per heavy atom. The number of aryl methyl sites for hydroxylation is 1. The summed E-state index contributed by atoms with van der Waals surface area (Å²) in [5.41, 5.74) is 0.490. The number of rotatable bonds is 5. The molecule has 0 aliphatic rings. The highest BCUT2D eigenvalue weighted by Gasteiger charge is 2.13. The van der Waals surface area contributed by atoms with E-state index in [9.17, 15) is 10.1 Å². The number of nitrogens with one attached hydrogen (secondary N) is 1. The van der Waals surface area contributed by atoms with Gasteiger partial charge in [0.15, 0.2) is 0 Å². The van der Waals surface area contributed by atoms with Gasteiger partial charge in [-0.15, -0.1) is 0 Å². The Labute approximate surface area is 115 Å². The third-order valence-electron chi connectivity index (χ3n) is 2.91. The molecule has 0 fully saturated rings. The Morgan fingerprint density at radius 3 is 2.95 bits per heavy atom. The third-order valence-corrected chi connectivity index (χ3v) is 2.91. The quantitative estimate of drug-likeness (QED) is 0.661. The smallest absolute Gasteiger partial charge is 0.289 e. The number of hydrogen-bond donors (Lipinski definition) is 1. The van der Waals surface area contributed by atoms with Gasteiger partial charge in [0.2, 0.25) is 0 Å². The maximum atomic E-state index is 10.9. The van der Waals surface area contributed by atoms with Crippen LogP contribution in [0.15, 0.2) is 30.6 Å². The number of nitro groups is 1. The second-order valence-corrected chi connectivity index (χ2v) is 4.23. The van der Waals surface area contributed by atoms with Crippen LogP contribution in [-0.2, 0) is 13.5 Å². The van der Waals surface area contributed by atoms with Crippen LogP contribution in [0.3, 0.4) is 0 Å². The highest BCUT2D eigenvalue weighted by Crippen LogP contribution is 2.22. The molecule has 0 radical (unpaired) electrons. The van der Waals surface area contributed by atoms with E-state index < -0.39 is 4.92 Å². The van der Waals surface area contributed by atoms with Crippen LogP contribution in [0.2, 0.25) is 0 Å². The summed E-state index contributed by atoms with van der Waals surface area (Å²) in [6, 6.07) is 6.28. The normalized spacial score (nSPS) is 10.0. The molecule has 0 saturated carbocycles. The Morgan fingerprint density at radius 2 is 2.35 bits per heavy atom. The van der Waals surface area contributed by atoms with E-state index in [4.69, 9.17) is 5.26 Å². The van der Waals surface area contributed by atoms with E-state index in [0.717, 1.165) is 5.82 Å². The van der Waals surface area contributed by atoms with Crippen molar-refractivity contribution in [2.45, 2.75) is 6.42 Å². The lowest BCUT2D eigenvalue weighted by Gasteiger charge is -2.06. The van der Waals surface area contributed by atoms with Crippen molar-refractivity contribution in [2.75, 3.05) is 11.9 Å². The molecule has 2 rings (SSSR count). The molecule has 1 heterocycles. The van der Waals surface area contributed by atoms with Crippen molar-refractivity contribution < 1.29 is 4.92 Å². The van der Waals surface area contributed by atoms with Gasteiger partial charge >= 0.3 is 0 Å². The zero-order valence-electron chi connectivity index (χ0n) is 10.9. The highest BCUT2D eigenvalue weighted by atomic mass is 16.6. The molecule has 0 aliphatic heterocycles. The summed E-state index contributed by atoms with van der Waals surface area (Å²) in [6.45, 7) is 0.605. The Bertz CT molecular complexity index is 672. The van der Waals surface area contributed by atoms with Crippen LogP contribution in [-0.4, -0.2) is 21.0 Å². The van der Waals surface area contributed by atoms with Crippen LogP contribution >= 0.6 is 0 Å². The van der Waals surface area contributed by atoms with Gasteiger partial charge in [0.1, 0.15) is 17.5 Å². The predicted molar refractivity (Wildman–Crippen MR) is 73.2 cm³/mol. The van der Waals surface area contributed by atoms with Crippen molar-refractivity contribution in [3.63, 3.8) is 0 Å². The van der Waals surface area contributed by atoms with E-state index in [2.05, 4.69) is 10.3 Å². The molecule has 0 unspecified atom stereocenters. The molecule has 0 amide bonds. The zero-order chi connectivity index (χ0) is 14.5. The summed E-state index contributed by atoms with van der Waals surface area (Å²) in [4.78, 5) is 14.5. The fourth-order valence-corrected chi connectivity index (χ4v) is 1.84. The fourth-order valence-electron chi connectivity index (χ4n) is 1.84. The average molecular weight is 271 g/mol. The molecule has 0 atom stereocenters. The van der Waals surface area contributed by atoms with Gasteiger partial charge in [0.05, 0.1) is 4.92 Å². The first kappa shape index (κ1) is 13.5. The molecule has 7 nitrogen and oxygen atoms in total. The third kappa shape index (κ3) is 2.92. The molecule has 0 spiro atoms. The van der Waals surface area contributed by atoms with Crippen molar-refractivity contribution in [1.29, 1.82) is 5.26 Å². The topological polar surface area (TPSA) is 96.8 Å². The predicted octanol–water partition coefficient (Wildman–Crippen LogP) is 1.85. The number of nitriles is 1. The SMILES string of the molecule is Cn1ccnc1CCNc1ccc(C#N)c([N+](=O)[O-])c1. The molecule has 0 saturated heterocycles. The van der Waals surface area contributed by atoms with Gasteiger partial charge in [-0.3, -0.25) is 10.1 Å². The molecule has 1 aromatic carbocycles. The van der Waals surface area contributed by atoms with Crippen molar-refractivity contribution in [3.8, 4) is 6.07 Å². The average Bonchev–Trinajstić information content (AvgIpc) is 2.84. The van der Waals surface area contributed by atoms with E-state index >= 15 is 0 Å². The lowest BCUT2D eigenvalue weighted by Crippen LogP contribution is -2.08. The number of imidazole rings is 1. The first-order valence-electron chi connectivity index (χ1n) is 6.00. The van der Waals surface area contributed by atoms with Gasteiger partial charge in [0.25, 0.3) is 5.69 Å². The van der Waals surface area contributed by atoms with Gasteiger partial charge in [-0.1, -0.05) is 0 Å². The fraction of sp³-hybridized carbons (Fsp3) is 0.231. The molecule has 7 heteroatoms. The number of aromatic nitrogens is 2. The van der Waals surface area contributed by atoms with Crippen molar-refractivity contribution in [1.82, 2.24) is 9.55 Å². The minimum absolute atomic E-state index is 0.0599. The highest BCUT2D eigenvalue weighted by molar-refractivity contribution is 5.59. The summed E-state index contributed by atoms with van der Waals surface area (Å²) in [6.07, 6.45) is 4.29. The number of hydrogen-bond acceptors (Lipinski definition) is 5. The number of nitro benzene ring substituents is 1. The maximum absolute atomic E-state index is 10.9. The Hall–Kier alpha value is -2.88. The lowest BCUT2D eigenvalue weighted by atomic mass is 10.2. The van der Waals surface area contributed by atoms with Crippen LogP contribution in [0.4, 0.5) is 11.4 Å². The Balaban J connectivity index is 2.04. The molecule has 0 bridgehead atoms. The Kier molecular flexibility index (Phi) is 3.96. The summed E-state index contributed by atoms with van der Waals surface area (Å²) in [7, 11) is 1.91. The number of anilines is 1. The van der Waals surface area contributed by atoms with E-state index in [0.29, 0.717) is 18.7 Å². The summed E-state index contributed by atoms with van der Waals surface area (Å²) in [5, 5.41) is 22.7. The van der Waals surface area contributed by atoms with Crippen LogP contribution in [0, 0.1) is 21.4 Å². The van der Waals surface area contributed by atoms with Gasteiger partial charge in [-0.25, -0.2) is 4.98 Å².